The third-order valence-corrected chi connectivity index (χ3v) is 4.88. The molecule has 2 rings (SSSR count). The van der Waals surface area contributed by atoms with Gasteiger partial charge in [0.1, 0.15) is 0 Å². The van der Waals surface area contributed by atoms with Crippen LogP contribution in [0.5, 0.6) is 0 Å². The van der Waals surface area contributed by atoms with Crippen molar-refractivity contribution in [2.75, 3.05) is 33.2 Å². The maximum atomic E-state index is 4.45. The van der Waals surface area contributed by atoms with E-state index in [1.165, 1.54) is 37.2 Å². The highest BCUT2D eigenvalue weighted by Gasteiger charge is 2.10. The molecule has 0 radical (unpaired) electrons. The Balaban J connectivity index is 0.00000242. The lowest BCUT2D eigenvalue weighted by Crippen LogP contribution is -2.42. The first kappa shape index (κ1) is 19.6. The minimum atomic E-state index is 0. The molecule has 7 heteroatoms. The van der Waals surface area contributed by atoms with Gasteiger partial charge < -0.3 is 15.5 Å². The Morgan fingerprint density at radius 2 is 1.95 bits per heavy atom. The average molecular weight is 437 g/mol. The van der Waals surface area contributed by atoms with E-state index in [2.05, 4.69) is 32.4 Å². The Kier molecular flexibility index (Phi) is 9.27. The number of likely N-dealkylation sites (tertiary alicyclic amines) is 1. The summed E-state index contributed by atoms with van der Waals surface area (Å²) in [6, 6.07) is 0. The number of hydrogen-bond acceptors (Lipinski definition) is 4. The number of nitrogens with one attached hydrogen (secondary N) is 2. The maximum Gasteiger partial charge on any atom is 0.191 e. The molecule has 0 aromatic carbocycles. The lowest BCUT2D eigenvalue weighted by Gasteiger charge is -2.26. The zero-order chi connectivity index (χ0) is 15.1. The Hall–Kier alpha value is -0.410. The Morgan fingerprint density at radius 3 is 2.55 bits per heavy atom. The Labute approximate surface area is 155 Å². The van der Waals surface area contributed by atoms with Gasteiger partial charge in [-0.2, -0.15) is 0 Å². The number of rotatable bonds is 5. The number of piperidine rings is 1. The molecule has 1 aromatic heterocycles. The van der Waals surface area contributed by atoms with Crippen molar-refractivity contribution in [3.63, 3.8) is 0 Å². The molecule has 5 nitrogen and oxygen atoms in total. The number of aromatic nitrogens is 1. The predicted octanol–water partition coefficient (Wildman–Crippen LogP) is 2.53. The minimum Gasteiger partial charge on any atom is -0.355 e. The third-order valence-electron chi connectivity index (χ3n) is 3.81. The first-order valence-electron chi connectivity index (χ1n) is 7.79. The van der Waals surface area contributed by atoms with E-state index in [0.29, 0.717) is 0 Å². The summed E-state index contributed by atoms with van der Waals surface area (Å²) in [5.41, 5.74) is 1.12. The van der Waals surface area contributed by atoms with Gasteiger partial charge in [-0.05, 0) is 39.8 Å². The Morgan fingerprint density at radius 1 is 1.23 bits per heavy atom. The van der Waals surface area contributed by atoms with Gasteiger partial charge in [0.25, 0.3) is 0 Å². The van der Waals surface area contributed by atoms with E-state index in [-0.39, 0.29) is 24.0 Å². The van der Waals surface area contributed by atoms with Crippen molar-refractivity contribution in [1.29, 1.82) is 0 Å². The van der Waals surface area contributed by atoms with Crippen LogP contribution in [0.1, 0.15) is 34.8 Å². The molecule has 126 valence electrons. The fourth-order valence-electron chi connectivity index (χ4n) is 2.64. The van der Waals surface area contributed by atoms with E-state index in [1.54, 1.807) is 11.3 Å². The van der Waals surface area contributed by atoms with E-state index in [0.717, 1.165) is 36.3 Å². The van der Waals surface area contributed by atoms with Crippen LogP contribution >= 0.6 is 35.3 Å². The van der Waals surface area contributed by atoms with Gasteiger partial charge >= 0.3 is 0 Å². The molecule has 0 aliphatic carbocycles. The van der Waals surface area contributed by atoms with E-state index in [4.69, 9.17) is 0 Å². The summed E-state index contributed by atoms with van der Waals surface area (Å²) in [5, 5.41) is 7.89. The monoisotopic (exact) mass is 437 g/mol. The van der Waals surface area contributed by atoms with Crippen molar-refractivity contribution in [2.45, 2.75) is 39.7 Å². The first-order valence-corrected chi connectivity index (χ1v) is 8.60. The summed E-state index contributed by atoms with van der Waals surface area (Å²) in [6.07, 6.45) is 4.08. The van der Waals surface area contributed by atoms with Gasteiger partial charge in [-0.15, -0.1) is 35.3 Å². The van der Waals surface area contributed by atoms with Gasteiger partial charge in [0.2, 0.25) is 0 Å². The number of aliphatic imine (C=N–C) groups is 1. The second-order valence-corrected chi connectivity index (χ2v) is 6.78. The molecule has 1 aliphatic heterocycles. The second-order valence-electron chi connectivity index (χ2n) is 5.50. The standard InChI is InChI=1S/C15H27N5S.HI/c1-12-14(21-13(2)19-12)11-18-15(16-3)17-7-10-20-8-5-4-6-9-20;/h4-11H2,1-3H3,(H2,16,17,18);1H. The molecule has 0 atom stereocenters. The van der Waals surface area contributed by atoms with Gasteiger partial charge in [0.05, 0.1) is 17.2 Å². The van der Waals surface area contributed by atoms with Gasteiger partial charge in [0, 0.05) is 25.0 Å². The second kappa shape index (κ2) is 10.4. The highest BCUT2D eigenvalue weighted by molar-refractivity contribution is 14.0. The number of hydrogen-bond donors (Lipinski definition) is 2. The van der Waals surface area contributed by atoms with Gasteiger partial charge in [-0.1, -0.05) is 6.42 Å². The van der Waals surface area contributed by atoms with Gasteiger partial charge in [-0.25, -0.2) is 4.98 Å². The minimum absolute atomic E-state index is 0. The molecular weight excluding hydrogens is 409 g/mol. The van der Waals surface area contributed by atoms with E-state index >= 15 is 0 Å². The fourth-order valence-corrected chi connectivity index (χ4v) is 3.51. The molecule has 0 spiro atoms. The number of thiazole rings is 1. The Bertz CT molecular complexity index is 468. The number of halogens is 1. The summed E-state index contributed by atoms with van der Waals surface area (Å²) in [6.45, 7) is 9.43. The molecule has 0 amide bonds. The predicted molar refractivity (Wildman–Crippen MR) is 105 cm³/mol. The lowest BCUT2D eigenvalue weighted by atomic mass is 10.1. The molecule has 2 N–H and O–H groups in total. The zero-order valence-corrected chi connectivity index (χ0v) is 17.0. The molecule has 1 aliphatic rings. The quantitative estimate of drug-likeness (QED) is 0.423. The van der Waals surface area contributed by atoms with Crippen molar-refractivity contribution in [1.82, 2.24) is 20.5 Å². The van der Waals surface area contributed by atoms with E-state index in [9.17, 15) is 0 Å². The maximum absolute atomic E-state index is 4.45. The van der Waals surface area contributed by atoms with E-state index in [1.807, 2.05) is 14.0 Å². The molecule has 1 aromatic rings. The van der Waals surface area contributed by atoms with Crippen LogP contribution in [0.25, 0.3) is 0 Å². The largest absolute Gasteiger partial charge is 0.355 e. The summed E-state index contributed by atoms with van der Waals surface area (Å²) in [4.78, 5) is 12.5. The molecule has 1 fully saturated rings. The number of nitrogens with zero attached hydrogens (tertiary/aromatic N) is 3. The summed E-state index contributed by atoms with van der Waals surface area (Å²) in [5.74, 6) is 0.873. The highest BCUT2D eigenvalue weighted by atomic mass is 127. The van der Waals surface area contributed by atoms with Crippen molar-refractivity contribution in [2.24, 2.45) is 4.99 Å². The zero-order valence-electron chi connectivity index (χ0n) is 13.8. The average Bonchev–Trinajstić information content (AvgIpc) is 2.81. The van der Waals surface area contributed by atoms with Gasteiger partial charge in [0.15, 0.2) is 5.96 Å². The molecule has 0 unspecified atom stereocenters. The van der Waals surface area contributed by atoms with Crippen LogP contribution in [-0.4, -0.2) is 49.1 Å². The van der Waals surface area contributed by atoms with Crippen LogP contribution in [0.2, 0.25) is 0 Å². The molecular formula is C15H28IN5S. The van der Waals surface area contributed by atoms with Gasteiger partial charge in [-0.3, -0.25) is 4.99 Å². The highest BCUT2D eigenvalue weighted by Crippen LogP contribution is 2.16. The van der Waals surface area contributed by atoms with Crippen molar-refractivity contribution in [3.8, 4) is 0 Å². The summed E-state index contributed by atoms with van der Waals surface area (Å²) >= 11 is 1.75. The van der Waals surface area contributed by atoms with Crippen LogP contribution in [0, 0.1) is 13.8 Å². The van der Waals surface area contributed by atoms with Crippen LogP contribution in [0.3, 0.4) is 0 Å². The fraction of sp³-hybridized carbons (Fsp3) is 0.733. The number of aryl methyl sites for hydroxylation is 2. The van der Waals surface area contributed by atoms with Crippen molar-refractivity contribution in [3.05, 3.63) is 15.6 Å². The normalized spacial score (nSPS) is 16.2. The van der Waals surface area contributed by atoms with Crippen molar-refractivity contribution >= 4 is 41.3 Å². The van der Waals surface area contributed by atoms with Crippen LogP contribution in [-0.2, 0) is 6.54 Å². The molecule has 22 heavy (non-hydrogen) atoms. The van der Waals surface area contributed by atoms with Crippen LogP contribution < -0.4 is 10.6 Å². The molecule has 2 heterocycles. The third kappa shape index (κ3) is 6.37. The van der Waals surface area contributed by atoms with Crippen LogP contribution in [0.4, 0.5) is 0 Å². The van der Waals surface area contributed by atoms with Crippen LogP contribution in [0.15, 0.2) is 4.99 Å². The topological polar surface area (TPSA) is 52.6 Å². The molecule has 0 bridgehead atoms. The smallest absolute Gasteiger partial charge is 0.191 e. The van der Waals surface area contributed by atoms with Crippen molar-refractivity contribution < 1.29 is 0 Å². The summed E-state index contributed by atoms with van der Waals surface area (Å²) in [7, 11) is 1.82. The SMILES string of the molecule is CN=C(NCCN1CCCCC1)NCc1sc(C)nc1C.I. The number of guanidine groups is 1. The van der Waals surface area contributed by atoms with E-state index < -0.39 is 0 Å². The molecule has 1 saturated heterocycles. The summed E-state index contributed by atoms with van der Waals surface area (Å²) < 4.78 is 0. The first-order chi connectivity index (χ1) is 10.2. The molecule has 0 saturated carbocycles. The lowest BCUT2D eigenvalue weighted by molar-refractivity contribution is 0.232.